The van der Waals surface area contributed by atoms with Gasteiger partial charge in [-0.15, -0.1) is 10.2 Å². The third kappa shape index (κ3) is 4.25. The molecule has 0 aromatic carbocycles. The zero-order valence-corrected chi connectivity index (χ0v) is 13.6. The van der Waals surface area contributed by atoms with Gasteiger partial charge in [0.1, 0.15) is 15.8 Å². The van der Waals surface area contributed by atoms with Crippen LogP contribution in [0.2, 0.25) is 0 Å². The maximum Gasteiger partial charge on any atom is 0.191 e. The first-order chi connectivity index (χ1) is 10.1. The number of aliphatic imine (C=N–C) groups is 1. The molecule has 0 amide bonds. The van der Waals surface area contributed by atoms with Crippen LogP contribution in [0.25, 0.3) is 0 Å². The molecule has 0 aliphatic heterocycles. The Balaban J connectivity index is 1.83. The van der Waals surface area contributed by atoms with E-state index in [4.69, 9.17) is 0 Å². The number of imidazole rings is 1. The molecule has 0 unspecified atom stereocenters. The Kier molecular flexibility index (Phi) is 5.26. The predicted molar refractivity (Wildman–Crippen MR) is 84.2 cm³/mol. The molecular formula is C13H21N7S. The molecule has 8 heteroatoms. The van der Waals surface area contributed by atoms with Crippen LogP contribution < -0.4 is 10.6 Å². The summed E-state index contributed by atoms with van der Waals surface area (Å²) in [6.45, 7) is 5.47. The van der Waals surface area contributed by atoms with Crippen LogP contribution in [0.5, 0.6) is 0 Å². The number of nitrogens with one attached hydrogen (secondary N) is 2. The summed E-state index contributed by atoms with van der Waals surface area (Å²) in [4.78, 5) is 8.45. The summed E-state index contributed by atoms with van der Waals surface area (Å²) in [6.07, 6.45) is 3.70. The van der Waals surface area contributed by atoms with Crippen LogP contribution in [-0.4, -0.2) is 32.8 Å². The fourth-order valence-electron chi connectivity index (χ4n) is 1.68. The van der Waals surface area contributed by atoms with Gasteiger partial charge in [0, 0.05) is 32.4 Å². The van der Waals surface area contributed by atoms with Crippen molar-refractivity contribution in [2.45, 2.75) is 32.9 Å². The molecule has 7 nitrogen and oxygen atoms in total. The SMILES string of the molecule is CN=C(NCc1nnc(C(C)C)s1)NCc1nccn1C. The molecule has 0 bridgehead atoms. The molecule has 0 fully saturated rings. The highest BCUT2D eigenvalue weighted by atomic mass is 32.1. The number of rotatable bonds is 5. The second-order valence-electron chi connectivity index (χ2n) is 4.92. The van der Waals surface area contributed by atoms with E-state index in [1.807, 2.05) is 17.8 Å². The molecule has 2 N–H and O–H groups in total. The van der Waals surface area contributed by atoms with E-state index < -0.39 is 0 Å². The summed E-state index contributed by atoms with van der Waals surface area (Å²) < 4.78 is 1.97. The van der Waals surface area contributed by atoms with Crippen LogP contribution in [0.4, 0.5) is 0 Å². The molecule has 2 aromatic heterocycles. The van der Waals surface area contributed by atoms with Crippen LogP contribution in [0.1, 0.15) is 35.6 Å². The van der Waals surface area contributed by atoms with Crippen molar-refractivity contribution in [1.82, 2.24) is 30.4 Å². The topological polar surface area (TPSA) is 80.0 Å². The standard InChI is InChI=1S/C13H21N7S/c1-9(2)12-19-18-11(21-12)8-17-13(14-3)16-7-10-15-5-6-20(10)4/h5-6,9H,7-8H2,1-4H3,(H2,14,16,17). The lowest BCUT2D eigenvalue weighted by Crippen LogP contribution is -2.36. The molecule has 0 saturated heterocycles. The van der Waals surface area contributed by atoms with Crippen LogP contribution >= 0.6 is 11.3 Å². The highest BCUT2D eigenvalue weighted by Gasteiger charge is 2.08. The number of hydrogen-bond donors (Lipinski definition) is 2. The van der Waals surface area contributed by atoms with E-state index in [-0.39, 0.29) is 0 Å². The Bertz CT molecular complexity index is 599. The van der Waals surface area contributed by atoms with E-state index in [2.05, 4.69) is 44.7 Å². The molecule has 0 aliphatic carbocycles. The van der Waals surface area contributed by atoms with Crippen LogP contribution in [0.15, 0.2) is 17.4 Å². The highest BCUT2D eigenvalue weighted by Crippen LogP contribution is 2.18. The zero-order chi connectivity index (χ0) is 15.2. The molecular weight excluding hydrogens is 286 g/mol. The summed E-state index contributed by atoms with van der Waals surface area (Å²) in [7, 11) is 3.71. The van der Waals surface area contributed by atoms with Crippen LogP contribution in [0, 0.1) is 0 Å². The lowest BCUT2D eigenvalue weighted by atomic mass is 10.2. The van der Waals surface area contributed by atoms with Crippen molar-refractivity contribution in [3.63, 3.8) is 0 Å². The quantitative estimate of drug-likeness (QED) is 0.642. The third-order valence-corrected chi connectivity index (χ3v) is 4.17. The van der Waals surface area contributed by atoms with E-state index >= 15 is 0 Å². The largest absolute Gasteiger partial charge is 0.350 e. The number of nitrogens with zero attached hydrogens (tertiary/aromatic N) is 5. The van der Waals surface area contributed by atoms with Crippen LogP contribution in [-0.2, 0) is 20.1 Å². The molecule has 0 atom stereocenters. The lowest BCUT2D eigenvalue weighted by molar-refractivity contribution is 0.724. The van der Waals surface area contributed by atoms with Gasteiger partial charge in [0.25, 0.3) is 0 Å². The fraction of sp³-hybridized carbons (Fsp3) is 0.538. The number of aromatic nitrogens is 4. The Hall–Kier alpha value is -1.96. The normalized spacial score (nSPS) is 12.0. The Morgan fingerprint density at radius 2 is 2.10 bits per heavy atom. The summed E-state index contributed by atoms with van der Waals surface area (Å²) in [5.74, 6) is 2.09. The number of aryl methyl sites for hydroxylation is 1. The first-order valence-corrected chi connectivity index (χ1v) is 7.64. The van der Waals surface area contributed by atoms with Crippen molar-refractivity contribution in [3.05, 3.63) is 28.2 Å². The van der Waals surface area contributed by atoms with Crippen molar-refractivity contribution in [1.29, 1.82) is 0 Å². The predicted octanol–water partition coefficient (Wildman–Crippen LogP) is 1.26. The monoisotopic (exact) mass is 307 g/mol. The van der Waals surface area contributed by atoms with E-state index in [1.165, 1.54) is 0 Å². The summed E-state index contributed by atoms with van der Waals surface area (Å²) in [5.41, 5.74) is 0. The average molecular weight is 307 g/mol. The molecule has 2 rings (SSSR count). The molecule has 0 aliphatic rings. The minimum Gasteiger partial charge on any atom is -0.350 e. The number of guanidine groups is 1. The Morgan fingerprint density at radius 3 is 2.67 bits per heavy atom. The molecule has 0 radical (unpaired) electrons. The third-order valence-electron chi connectivity index (χ3n) is 2.94. The van der Waals surface area contributed by atoms with E-state index in [0.29, 0.717) is 19.0 Å². The lowest BCUT2D eigenvalue weighted by Gasteiger charge is -2.10. The van der Waals surface area contributed by atoms with Crippen molar-refractivity contribution >= 4 is 17.3 Å². The van der Waals surface area contributed by atoms with Gasteiger partial charge in [-0.25, -0.2) is 4.98 Å². The molecule has 21 heavy (non-hydrogen) atoms. The highest BCUT2D eigenvalue weighted by molar-refractivity contribution is 7.11. The molecule has 2 aromatic rings. The average Bonchev–Trinajstić information content (AvgIpc) is 3.08. The van der Waals surface area contributed by atoms with Gasteiger partial charge < -0.3 is 15.2 Å². The van der Waals surface area contributed by atoms with Gasteiger partial charge in [0.15, 0.2) is 5.96 Å². The Morgan fingerprint density at radius 1 is 1.33 bits per heavy atom. The number of hydrogen-bond acceptors (Lipinski definition) is 5. The van der Waals surface area contributed by atoms with Gasteiger partial charge in [-0.2, -0.15) is 0 Å². The smallest absolute Gasteiger partial charge is 0.191 e. The van der Waals surface area contributed by atoms with Gasteiger partial charge in [-0.3, -0.25) is 4.99 Å². The van der Waals surface area contributed by atoms with E-state index in [1.54, 1.807) is 24.6 Å². The minimum absolute atomic E-state index is 0.414. The first kappa shape index (κ1) is 15.4. The van der Waals surface area contributed by atoms with Crippen LogP contribution in [0.3, 0.4) is 0 Å². The van der Waals surface area contributed by atoms with Gasteiger partial charge in [-0.1, -0.05) is 25.2 Å². The maximum absolute atomic E-state index is 4.26. The van der Waals surface area contributed by atoms with E-state index in [9.17, 15) is 0 Å². The van der Waals surface area contributed by atoms with Crippen molar-refractivity contribution in [3.8, 4) is 0 Å². The van der Waals surface area contributed by atoms with Gasteiger partial charge in [0.05, 0.1) is 13.1 Å². The van der Waals surface area contributed by atoms with Crippen molar-refractivity contribution in [2.75, 3.05) is 7.05 Å². The van der Waals surface area contributed by atoms with E-state index in [0.717, 1.165) is 21.8 Å². The zero-order valence-electron chi connectivity index (χ0n) is 12.8. The summed E-state index contributed by atoms with van der Waals surface area (Å²) in [6, 6.07) is 0. The van der Waals surface area contributed by atoms with Crippen molar-refractivity contribution < 1.29 is 0 Å². The van der Waals surface area contributed by atoms with Gasteiger partial charge >= 0.3 is 0 Å². The second-order valence-corrected chi connectivity index (χ2v) is 6.02. The molecule has 2 heterocycles. The summed E-state index contributed by atoms with van der Waals surface area (Å²) in [5, 5.41) is 16.8. The minimum atomic E-state index is 0.414. The fourth-order valence-corrected chi connectivity index (χ4v) is 2.47. The second kappa shape index (κ2) is 7.16. The molecule has 0 saturated carbocycles. The molecule has 114 valence electrons. The summed E-state index contributed by atoms with van der Waals surface area (Å²) >= 11 is 1.63. The first-order valence-electron chi connectivity index (χ1n) is 6.83. The van der Waals surface area contributed by atoms with Gasteiger partial charge in [0.2, 0.25) is 0 Å². The van der Waals surface area contributed by atoms with Crippen molar-refractivity contribution in [2.24, 2.45) is 12.0 Å². The maximum atomic E-state index is 4.26. The van der Waals surface area contributed by atoms with Gasteiger partial charge in [-0.05, 0) is 0 Å². The molecule has 0 spiro atoms. The Labute approximate surface area is 128 Å².